The third kappa shape index (κ3) is 1.63. The minimum atomic E-state index is -1.11. The van der Waals surface area contributed by atoms with Crippen molar-refractivity contribution in [1.82, 2.24) is 10.7 Å². The quantitative estimate of drug-likeness (QED) is 0.162. The molecule has 74 valence electrons. The SMILES string of the molecule is N=C(NN)C1(C(=O)O)CCNCC1. The Morgan fingerprint density at radius 2 is 2.08 bits per heavy atom. The van der Waals surface area contributed by atoms with E-state index >= 15 is 0 Å². The normalized spacial score (nSPS) is 20.7. The molecule has 1 heterocycles. The molecular weight excluding hydrogens is 172 g/mol. The maximum atomic E-state index is 11.0. The van der Waals surface area contributed by atoms with Crippen LogP contribution in [0.1, 0.15) is 12.8 Å². The molecule has 0 aromatic carbocycles. The lowest BCUT2D eigenvalue weighted by Crippen LogP contribution is -2.53. The van der Waals surface area contributed by atoms with Gasteiger partial charge in [0.25, 0.3) is 0 Å². The molecule has 0 saturated carbocycles. The zero-order valence-corrected chi connectivity index (χ0v) is 7.26. The van der Waals surface area contributed by atoms with Crippen LogP contribution in [0.2, 0.25) is 0 Å². The number of aliphatic carboxylic acids is 1. The Labute approximate surface area is 76.0 Å². The lowest BCUT2D eigenvalue weighted by molar-refractivity contribution is -0.146. The molecule has 1 aliphatic heterocycles. The molecule has 0 aliphatic carbocycles. The van der Waals surface area contributed by atoms with Gasteiger partial charge in [-0.1, -0.05) is 0 Å². The summed E-state index contributed by atoms with van der Waals surface area (Å²) in [5, 5.41) is 19.5. The van der Waals surface area contributed by atoms with Gasteiger partial charge in [-0.15, -0.1) is 0 Å². The van der Waals surface area contributed by atoms with Crippen LogP contribution in [0, 0.1) is 10.8 Å². The highest BCUT2D eigenvalue weighted by Gasteiger charge is 2.43. The predicted molar refractivity (Wildman–Crippen MR) is 47.2 cm³/mol. The fourth-order valence-corrected chi connectivity index (χ4v) is 1.56. The highest BCUT2D eigenvalue weighted by atomic mass is 16.4. The molecule has 1 rings (SSSR count). The Kier molecular flexibility index (Phi) is 2.84. The molecule has 1 aliphatic rings. The lowest BCUT2D eigenvalue weighted by Gasteiger charge is -2.33. The fourth-order valence-electron chi connectivity index (χ4n) is 1.56. The number of hydrazine groups is 1. The van der Waals surface area contributed by atoms with E-state index < -0.39 is 11.4 Å². The first-order valence-corrected chi connectivity index (χ1v) is 4.13. The molecule has 0 radical (unpaired) electrons. The standard InChI is InChI=1S/C7H14N4O2/c8-5(11-9)7(6(12)13)1-3-10-4-2-7/h10H,1-4,9H2,(H2,8,11)(H,12,13). The van der Waals surface area contributed by atoms with Gasteiger partial charge in [-0.2, -0.15) is 0 Å². The minimum absolute atomic E-state index is 0.110. The topological polar surface area (TPSA) is 111 Å². The second kappa shape index (κ2) is 3.71. The van der Waals surface area contributed by atoms with Crippen LogP contribution < -0.4 is 16.6 Å². The first-order chi connectivity index (χ1) is 6.13. The van der Waals surface area contributed by atoms with E-state index in [-0.39, 0.29) is 5.84 Å². The van der Waals surface area contributed by atoms with Gasteiger partial charge in [0.15, 0.2) is 0 Å². The zero-order chi connectivity index (χ0) is 9.90. The molecular formula is C7H14N4O2. The van der Waals surface area contributed by atoms with Crippen LogP contribution in [-0.2, 0) is 4.79 Å². The molecule has 1 saturated heterocycles. The van der Waals surface area contributed by atoms with Crippen LogP contribution in [0.25, 0.3) is 0 Å². The van der Waals surface area contributed by atoms with Crippen LogP contribution in [0.15, 0.2) is 0 Å². The van der Waals surface area contributed by atoms with Crippen molar-refractivity contribution >= 4 is 11.8 Å². The molecule has 13 heavy (non-hydrogen) atoms. The van der Waals surface area contributed by atoms with E-state index in [1.54, 1.807) is 0 Å². The number of hydrogen-bond donors (Lipinski definition) is 5. The van der Waals surface area contributed by atoms with Crippen molar-refractivity contribution in [3.8, 4) is 0 Å². The number of carboxylic acids is 1. The maximum absolute atomic E-state index is 11.0. The molecule has 0 unspecified atom stereocenters. The van der Waals surface area contributed by atoms with Gasteiger partial charge in [-0.3, -0.25) is 10.2 Å². The number of nitrogens with one attached hydrogen (secondary N) is 3. The Bertz CT molecular complexity index is 223. The second-order valence-electron chi connectivity index (χ2n) is 3.16. The molecule has 1 fully saturated rings. The number of piperidine rings is 1. The van der Waals surface area contributed by atoms with Gasteiger partial charge in [-0.05, 0) is 25.9 Å². The number of hydrogen-bond acceptors (Lipinski definition) is 4. The summed E-state index contributed by atoms with van der Waals surface area (Å²) in [7, 11) is 0. The maximum Gasteiger partial charge on any atom is 0.317 e. The van der Waals surface area contributed by atoms with E-state index in [1.165, 1.54) is 0 Å². The fraction of sp³-hybridized carbons (Fsp3) is 0.714. The summed E-state index contributed by atoms with van der Waals surface area (Å²) >= 11 is 0. The molecule has 6 heteroatoms. The molecule has 0 aromatic rings. The number of carboxylic acid groups (broad SMARTS) is 1. The number of amidine groups is 1. The Balaban J connectivity index is 2.85. The Morgan fingerprint density at radius 1 is 1.54 bits per heavy atom. The highest BCUT2D eigenvalue weighted by molar-refractivity contribution is 6.03. The minimum Gasteiger partial charge on any atom is -0.480 e. The van der Waals surface area contributed by atoms with Crippen molar-refractivity contribution in [2.75, 3.05) is 13.1 Å². The largest absolute Gasteiger partial charge is 0.480 e. The summed E-state index contributed by atoms with van der Waals surface area (Å²) in [6, 6.07) is 0. The first kappa shape index (κ1) is 9.94. The molecule has 0 amide bonds. The second-order valence-corrected chi connectivity index (χ2v) is 3.16. The van der Waals surface area contributed by atoms with E-state index in [1.807, 2.05) is 0 Å². The molecule has 0 atom stereocenters. The number of rotatable bonds is 2. The zero-order valence-electron chi connectivity index (χ0n) is 7.26. The van der Waals surface area contributed by atoms with Crippen LogP contribution in [0.3, 0.4) is 0 Å². The average molecular weight is 186 g/mol. The third-order valence-electron chi connectivity index (χ3n) is 2.49. The number of carbonyl (C=O) groups is 1. The molecule has 0 spiro atoms. The lowest BCUT2D eigenvalue weighted by atomic mass is 9.78. The molecule has 0 aromatic heterocycles. The first-order valence-electron chi connectivity index (χ1n) is 4.13. The van der Waals surface area contributed by atoms with E-state index in [2.05, 4.69) is 10.7 Å². The third-order valence-corrected chi connectivity index (χ3v) is 2.49. The van der Waals surface area contributed by atoms with Crippen molar-refractivity contribution in [2.45, 2.75) is 12.8 Å². The van der Waals surface area contributed by atoms with Gasteiger partial charge in [0.1, 0.15) is 11.3 Å². The van der Waals surface area contributed by atoms with E-state index in [0.717, 1.165) is 0 Å². The summed E-state index contributed by atoms with van der Waals surface area (Å²) in [4.78, 5) is 11.0. The van der Waals surface area contributed by atoms with Crippen LogP contribution in [-0.4, -0.2) is 30.0 Å². The van der Waals surface area contributed by atoms with Gasteiger partial charge in [0.05, 0.1) is 0 Å². The van der Waals surface area contributed by atoms with Crippen molar-refractivity contribution in [3.05, 3.63) is 0 Å². The molecule has 0 bridgehead atoms. The van der Waals surface area contributed by atoms with Crippen LogP contribution >= 0.6 is 0 Å². The average Bonchev–Trinajstić information content (AvgIpc) is 2.17. The molecule has 6 nitrogen and oxygen atoms in total. The van der Waals surface area contributed by atoms with Crippen molar-refractivity contribution in [2.24, 2.45) is 11.3 Å². The Morgan fingerprint density at radius 3 is 2.46 bits per heavy atom. The van der Waals surface area contributed by atoms with Crippen LogP contribution in [0.4, 0.5) is 0 Å². The summed E-state index contributed by atoms with van der Waals surface area (Å²) < 4.78 is 0. The Hall–Kier alpha value is -1.14. The van der Waals surface area contributed by atoms with Crippen LogP contribution in [0.5, 0.6) is 0 Å². The summed E-state index contributed by atoms with van der Waals surface area (Å²) in [6.07, 6.45) is 0.816. The monoisotopic (exact) mass is 186 g/mol. The predicted octanol–water partition coefficient (Wildman–Crippen LogP) is -1.12. The summed E-state index contributed by atoms with van der Waals surface area (Å²) in [5.41, 5.74) is 1.02. The van der Waals surface area contributed by atoms with Gasteiger partial charge in [0.2, 0.25) is 0 Å². The molecule has 6 N–H and O–H groups in total. The van der Waals surface area contributed by atoms with Gasteiger partial charge in [-0.25, -0.2) is 5.84 Å². The van der Waals surface area contributed by atoms with Gasteiger partial charge in [0, 0.05) is 0 Å². The van der Waals surface area contributed by atoms with E-state index in [4.69, 9.17) is 16.4 Å². The highest BCUT2D eigenvalue weighted by Crippen LogP contribution is 2.29. The van der Waals surface area contributed by atoms with Gasteiger partial charge < -0.3 is 15.8 Å². The smallest absolute Gasteiger partial charge is 0.317 e. The van der Waals surface area contributed by atoms with Crippen molar-refractivity contribution in [3.63, 3.8) is 0 Å². The van der Waals surface area contributed by atoms with Crippen molar-refractivity contribution < 1.29 is 9.90 Å². The van der Waals surface area contributed by atoms with E-state index in [9.17, 15) is 4.79 Å². The van der Waals surface area contributed by atoms with Crippen molar-refractivity contribution in [1.29, 1.82) is 5.41 Å². The van der Waals surface area contributed by atoms with Gasteiger partial charge >= 0.3 is 5.97 Å². The summed E-state index contributed by atoms with van der Waals surface area (Å²) in [5.74, 6) is 3.98. The number of nitrogens with two attached hydrogens (primary N) is 1. The summed E-state index contributed by atoms with van der Waals surface area (Å²) in [6.45, 7) is 1.21. The van der Waals surface area contributed by atoms with E-state index in [0.29, 0.717) is 25.9 Å².